The third-order valence-corrected chi connectivity index (χ3v) is 5.70. The van der Waals surface area contributed by atoms with Crippen molar-refractivity contribution in [1.29, 1.82) is 0 Å². The fourth-order valence-electron chi connectivity index (χ4n) is 3.24. The molecule has 0 bridgehead atoms. The number of hydrogen-bond donors (Lipinski definition) is 1. The highest BCUT2D eigenvalue weighted by molar-refractivity contribution is 7.91. The number of benzene rings is 2. The van der Waals surface area contributed by atoms with Crippen molar-refractivity contribution < 1.29 is 9.29 Å². The molecule has 0 aromatic heterocycles. The van der Waals surface area contributed by atoms with E-state index in [9.17, 15) is 4.55 Å². The van der Waals surface area contributed by atoms with Crippen LogP contribution in [0.25, 0.3) is 0 Å². The van der Waals surface area contributed by atoms with Crippen LogP contribution in [0.2, 0.25) is 0 Å². The molecule has 3 unspecified atom stereocenters. The molecule has 3 atom stereocenters. The maximum absolute atomic E-state index is 12.6. The Morgan fingerprint density at radius 2 is 1.95 bits per heavy atom. The van der Waals surface area contributed by atoms with Crippen molar-refractivity contribution in [2.24, 2.45) is 0 Å². The van der Waals surface area contributed by atoms with Crippen LogP contribution in [0.4, 0.5) is 0 Å². The van der Waals surface area contributed by atoms with Crippen LogP contribution in [0.5, 0.6) is 5.75 Å². The lowest BCUT2D eigenvalue weighted by Gasteiger charge is -2.28. The Hall–Kier alpha value is -1.49. The first-order valence-corrected chi connectivity index (χ1v) is 8.45. The average molecular weight is 299 g/mol. The fraction of sp³-hybridized carbons (Fsp3) is 0.294. The van der Waals surface area contributed by atoms with E-state index in [0.717, 1.165) is 28.5 Å². The molecule has 2 aromatic carbocycles. The van der Waals surface area contributed by atoms with E-state index in [4.69, 9.17) is 4.74 Å². The number of rotatable bonds is 2. The lowest BCUT2D eigenvalue weighted by molar-refractivity contribution is 0.238. The zero-order chi connectivity index (χ0) is 14.2. The molecule has 21 heavy (non-hydrogen) atoms. The van der Waals surface area contributed by atoms with Gasteiger partial charge in [0.25, 0.3) is 0 Å². The summed E-state index contributed by atoms with van der Waals surface area (Å²) in [4.78, 5) is 1.64. The second kappa shape index (κ2) is 5.37. The van der Waals surface area contributed by atoms with Crippen molar-refractivity contribution in [3.05, 3.63) is 54.1 Å². The zero-order valence-corrected chi connectivity index (χ0v) is 12.4. The zero-order valence-electron chi connectivity index (χ0n) is 11.6. The Morgan fingerprint density at radius 1 is 1.10 bits per heavy atom. The van der Waals surface area contributed by atoms with Crippen molar-refractivity contribution in [2.75, 3.05) is 13.2 Å². The van der Waals surface area contributed by atoms with Gasteiger partial charge in [0.05, 0.1) is 0 Å². The molecular formula is C17H17NO2S. The predicted octanol–water partition coefficient (Wildman–Crippen LogP) is 2.69. The van der Waals surface area contributed by atoms with Crippen LogP contribution in [-0.2, 0) is 11.2 Å². The molecule has 4 rings (SSSR count). The summed E-state index contributed by atoms with van der Waals surface area (Å²) < 4.78 is 18.5. The molecule has 2 aromatic rings. The van der Waals surface area contributed by atoms with Crippen molar-refractivity contribution in [2.45, 2.75) is 28.2 Å². The first-order chi connectivity index (χ1) is 10.3. The molecule has 1 saturated heterocycles. The van der Waals surface area contributed by atoms with Gasteiger partial charge in [-0.2, -0.15) is 0 Å². The van der Waals surface area contributed by atoms with E-state index in [-0.39, 0.29) is 0 Å². The Bertz CT molecular complexity index is 646. The van der Waals surface area contributed by atoms with E-state index in [0.29, 0.717) is 18.6 Å². The monoisotopic (exact) mass is 299 g/mol. The van der Waals surface area contributed by atoms with Crippen LogP contribution >= 0.6 is 0 Å². The summed E-state index contributed by atoms with van der Waals surface area (Å²) in [7, 11) is 0. The minimum Gasteiger partial charge on any atom is -0.606 e. The lowest BCUT2D eigenvalue weighted by Crippen LogP contribution is -2.35. The Balaban J connectivity index is 1.67. The van der Waals surface area contributed by atoms with Gasteiger partial charge in [0.1, 0.15) is 12.4 Å². The van der Waals surface area contributed by atoms with E-state index < -0.39 is 11.2 Å². The summed E-state index contributed by atoms with van der Waals surface area (Å²) in [5.41, 5.74) is 1.25. The first-order valence-electron chi connectivity index (χ1n) is 7.30. The van der Waals surface area contributed by atoms with Crippen molar-refractivity contribution in [3.63, 3.8) is 0 Å². The van der Waals surface area contributed by atoms with Crippen molar-refractivity contribution in [1.82, 2.24) is 5.32 Å². The van der Waals surface area contributed by atoms with E-state index in [1.807, 2.05) is 42.5 Å². The molecule has 2 heterocycles. The number of ether oxygens (including phenoxy) is 1. The summed E-state index contributed by atoms with van der Waals surface area (Å²) >= 11 is -1.15. The summed E-state index contributed by atoms with van der Waals surface area (Å²) in [6, 6.07) is 16.0. The topological polar surface area (TPSA) is 44.3 Å². The molecule has 0 amide bonds. The van der Waals surface area contributed by atoms with Crippen LogP contribution in [0.15, 0.2) is 58.3 Å². The quantitative estimate of drug-likeness (QED) is 0.867. The maximum Gasteiger partial charge on any atom is 0.162 e. The van der Waals surface area contributed by atoms with E-state index in [1.165, 1.54) is 5.56 Å². The Kier molecular flexibility index (Phi) is 3.37. The lowest BCUT2D eigenvalue weighted by atomic mass is 9.90. The van der Waals surface area contributed by atoms with Crippen molar-refractivity contribution >= 4 is 11.2 Å². The van der Waals surface area contributed by atoms with E-state index >= 15 is 0 Å². The number of fused-ring (bicyclic) bond motifs is 3. The highest BCUT2D eigenvalue weighted by Crippen LogP contribution is 2.39. The molecule has 108 valence electrons. The molecule has 2 aliphatic rings. The summed E-state index contributed by atoms with van der Waals surface area (Å²) in [6.45, 7) is 1.76. The van der Waals surface area contributed by atoms with Crippen LogP contribution in [0.1, 0.15) is 17.9 Å². The van der Waals surface area contributed by atoms with Crippen LogP contribution < -0.4 is 10.1 Å². The van der Waals surface area contributed by atoms with Crippen molar-refractivity contribution in [3.8, 4) is 5.75 Å². The SMILES string of the molecule is [O-][S+](c1ccccc1)c1ccc2c(c1)OCC1NCCC21. The molecule has 1 fully saturated rings. The fourth-order valence-corrected chi connectivity index (χ4v) is 4.32. The van der Waals surface area contributed by atoms with Gasteiger partial charge in [-0.15, -0.1) is 0 Å². The minimum atomic E-state index is -1.15. The van der Waals surface area contributed by atoms with Gasteiger partial charge < -0.3 is 14.6 Å². The predicted molar refractivity (Wildman–Crippen MR) is 82.2 cm³/mol. The normalized spacial score (nSPS) is 24.8. The molecule has 4 heteroatoms. The van der Waals surface area contributed by atoms with Gasteiger partial charge >= 0.3 is 0 Å². The molecule has 1 N–H and O–H groups in total. The highest BCUT2D eigenvalue weighted by atomic mass is 32.2. The number of nitrogens with one attached hydrogen (secondary N) is 1. The number of hydrogen-bond acceptors (Lipinski definition) is 3. The summed E-state index contributed by atoms with van der Waals surface area (Å²) in [5.74, 6) is 1.44. The smallest absolute Gasteiger partial charge is 0.162 e. The molecule has 2 aliphatic heterocycles. The minimum absolute atomic E-state index is 0.433. The maximum atomic E-state index is 12.6. The van der Waals surface area contributed by atoms with Gasteiger partial charge in [0, 0.05) is 29.2 Å². The Morgan fingerprint density at radius 3 is 2.81 bits per heavy atom. The van der Waals surface area contributed by atoms with E-state index in [1.54, 1.807) is 0 Å². The van der Waals surface area contributed by atoms with Gasteiger partial charge in [0.15, 0.2) is 9.79 Å². The molecule has 3 nitrogen and oxygen atoms in total. The van der Waals surface area contributed by atoms with Crippen LogP contribution in [-0.4, -0.2) is 23.7 Å². The van der Waals surface area contributed by atoms with Gasteiger partial charge in [-0.25, -0.2) is 0 Å². The Labute approximate surface area is 127 Å². The van der Waals surface area contributed by atoms with Gasteiger partial charge in [-0.05, 0) is 42.8 Å². The van der Waals surface area contributed by atoms with Gasteiger partial charge in [-0.1, -0.05) is 18.2 Å². The molecule has 0 radical (unpaired) electrons. The third kappa shape index (κ3) is 2.33. The molecule has 0 aliphatic carbocycles. The van der Waals surface area contributed by atoms with Crippen LogP contribution in [0, 0.1) is 0 Å². The summed E-state index contributed by atoms with van der Waals surface area (Å²) in [6.07, 6.45) is 1.15. The largest absolute Gasteiger partial charge is 0.606 e. The second-order valence-corrected chi connectivity index (χ2v) is 7.03. The first kappa shape index (κ1) is 13.2. The van der Waals surface area contributed by atoms with Crippen LogP contribution in [0.3, 0.4) is 0 Å². The molecule has 0 saturated carbocycles. The van der Waals surface area contributed by atoms with E-state index in [2.05, 4.69) is 11.4 Å². The standard InChI is InChI=1S/C17H17NO2S/c19-21(12-4-2-1-3-5-12)13-6-7-15-14-8-9-18-16(14)11-20-17(15)10-13/h1-7,10,14,16,18H,8-9,11H2. The second-order valence-electron chi connectivity index (χ2n) is 5.55. The molecular weight excluding hydrogens is 282 g/mol. The van der Waals surface area contributed by atoms with Gasteiger partial charge in [-0.3, -0.25) is 0 Å². The summed E-state index contributed by atoms with van der Waals surface area (Å²) in [5, 5.41) is 3.48. The third-order valence-electron chi connectivity index (χ3n) is 4.32. The molecule has 0 spiro atoms. The van der Waals surface area contributed by atoms with Gasteiger partial charge in [0.2, 0.25) is 0 Å². The average Bonchev–Trinajstić information content (AvgIpc) is 3.03. The highest BCUT2D eigenvalue weighted by Gasteiger charge is 2.35.